The predicted octanol–water partition coefficient (Wildman–Crippen LogP) is 4.36. The summed E-state index contributed by atoms with van der Waals surface area (Å²) in [6.45, 7) is 5.75. The Bertz CT molecular complexity index is 813. The highest BCUT2D eigenvalue weighted by molar-refractivity contribution is 7.20. The van der Waals surface area contributed by atoms with E-state index in [2.05, 4.69) is 11.8 Å². The number of benzene rings is 1. The maximum atomic E-state index is 5.96. The molecule has 0 radical (unpaired) electrons. The van der Waals surface area contributed by atoms with Crippen molar-refractivity contribution in [2.45, 2.75) is 19.8 Å². The third kappa shape index (κ3) is 3.66. The fourth-order valence-corrected chi connectivity index (χ4v) is 4.28. The minimum atomic E-state index is 0.592. The van der Waals surface area contributed by atoms with E-state index >= 15 is 0 Å². The first-order valence-corrected chi connectivity index (χ1v) is 9.87. The van der Waals surface area contributed by atoms with Crippen LogP contribution in [0.4, 0.5) is 5.13 Å². The Balaban J connectivity index is 1.52. The van der Waals surface area contributed by atoms with E-state index in [9.17, 15) is 0 Å². The summed E-state index contributed by atoms with van der Waals surface area (Å²) >= 11 is 7.60. The summed E-state index contributed by atoms with van der Waals surface area (Å²) in [5.41, 5.74) is 1.98. The molecule has 0 N–H and O–H groups in total. The summed E-state index contributed by atoms with van der Waals surface area (Å²) in [7, 11) is 0. The van der Waals surface area contributed by atoms with Gasteiger partial charge in [-0.25, -0.2) is 9.50 Å². The zero-order chi connectivity index (χ0) is 17.2. The van der Waals surface area contributed by atoms with Gasteiger partial charge in [0.25, 0.3) is 0 Å². The molecule has 2 aromatic heterocycles. The standard InChI is InChI=1S/C18H21ClN4OS/c1-2-24-12-13-4-3-9-22(10-13)18-21-23-11-16(20-17(23)25-18)14-5-7-15(19)8-6-14/h5-8,11,13H,2-4,9-10,12H2,1H3. The average Bonchev–Trinajstić information content (AvgIpc) is 3.20. The van der Waals surface area contributed by atoms with Gasteiger partial charge in [0, 0.05) is 30.3 Å². The lowest BCUT2D eigenvalue weighted by molar-refractivity contribution is 0.104. The number of nitrogens with zero attached hydrogens (tertiary/aromatic N) is 4. The topological polar surface area (TPSA) is 42.7 Å². The molecule has 3 heterocycles. The lowest BCUT2D eigenvalue weighted by atomic mass is 9.99. The SMILES string of the molecule is CCOCC1CCCN(c2nn3cc(-c4ccc(Cl)cc4)nc3s2)C1. The summed E-state index contributed by atoms with van der Waals surface area (Å²) in [4.78, 5) is 8.01. The fourth-order valence-electron chi connectivity index (χ4n) is 3.24. The summed E-state index contributed by atoms with van der Waals surface area (Å²) in [5.74, 6) is 0.592. The second-order valence-electron chi connectivity index (χ2n) is 6.36. The molecule has 1 aliphatic heterocycles. The number of imidazole rings is 1. The van der Waals surface area contributed by atoms with Crippen LogP contribution in [0.15, 0.2) is 30.5 Å². The summed E-state index contributed by atoms with van der Waals surface area (Å²) in [6.07, 6.45) is 4.41. The molecular formula is C18H21ClN4OS. The highest BCUT2D eigenvalue weighted by atomic mass is 35.5. The van der Waals surface area contributed by atoms with E-state index in [1.807, 2.05) is 35.0 Å². The average molecular weight is 377 g/mol. The Morgan fingerprint density at radius 1 is 1.32 bits per heavy atom. The summed E-state index contributed by atoms with van der Waals surface area (Å²) in [5, 5.41) is 6.53. The van der Waals surface area contributed by atoms with Crippen LogP contribution >= 0.6 is 22.9 Å². The predicted molar refractivity (Wildman–Crippen MR) is 103 cm³/mol. The largest absolute Gasteiger partial charge is 0.381 e. The van der Waals surface area contributed by atoms with Crippen LogP contribution in [-0.4, -0.2) is 40.9 Å². The zero-order valence-electron chi connectivity index (χ0n) is 14.2. The molecule has 5 nitrogen and oxygen atoms in total. The highest BCUT2D eigenvalue weighted by Gasteiger charge is 2.23. The molecule has 0 saturated carbocycles. The third-order valence-corrected chi connectivity index (χ3v) is 5.76. The molecule has 1 aliphatic rings. The normalized spacial score (nSPS) is 18.2. The number of ether oxygens (including phenoxy) is 1. The first-order chi connectivity index (χ1) is 12.2. The molecule has 0 spiro atoms. The molecular weight excluding hydrogens is 356 g/mol. The molecule has 1 saturated heterocycles. The van der Waals surface area contributed by atoms with E-state index in [1.54, 1.807) is 11.3 Å². The molecule has 3 aromatic rings. The van der Waals surface area contributed by atoms with Crippen molar-refractivity contribution in [1.29, 1.82) is 0 Å². The van der Waals surface area contributed by atoms with E-state index in [0.29, 0.717) is 5.92 Å². The van der Waals surface area contributed by atoms with Crippen LogP contribution < -0.4 is 4.90 Å². The van der Waals surface area contributed by atoms with Crippen molar-refractivity contribution in [2.24, 2.45) is 5.92 Å². The number of piperidine rings is 1. The Morgan fingerprint density at radius 2 is 2.16 bits per heavy atom. The first kappa shape index (κ1) is 16.8. The Morgan fingerprint density at radius 3 is 2.92 bits per heavy atom. The second kappa shape index (κ2) is 7.32. The summed E-state index contributed by atoms with van der Waals surface area (Å²) < 4.78 is 7.49. The van der Waals surface area contributed by atoms with Crippen LogP contribution in [-0.2, 0) is 4.74 Å². The van der Waals surface area contributed by atoms with Gasteiger partial charge in [-0.15, -0.1) is 5.10 Å². The smallest absolute Gasteiger partial charge is 0.214 e. The van der Waals surface area contributed by atoms with Gasteiger partial charge < -0.3 is 9.64 Å². The highest BCUT2D eigenvalue weighted by Crippen LogP contribution is 2.30. The van der Waals surface area contributed by atoms with Gasteiger partial charge in [-0.05, 0) is 37.8 Å². The van der Waals surface area contributed by atoms with Crippen molar-refractivity contribution in [3.05, 3.63) is 35.5 Å². The molecule has 0 bridgehead atoms. The molecule has 4 rings (SSSR count). The molecule has 1 unspecified atom stereocenters. The van der Waals surface area contributed by atoms with Gasteiger partial charge in [0.15, 0.2) is 0 Å². The molecule has 1 aromatic carbocycles. The lowest BCUT2D eigenvalue weighted by Crippen LogP contribution is -2.37. The van der Waals surface area contributed by atoms with Crippen LogP contribution in [0.25, 0.3) is 16.2 Å². The van der Waals surface area contributed by atoms with E-state index in [-0.39, 0.29) is 0 Å². The van der Waals surface area contributed by atoms with Crippen LogP contribution in [0, 0.1) is 5.92 Å². The maximum absolute atomic E-state index is 5.96. The monoisotopic (exact) mass is 376 g/mol. The van der Waals surface area contributed by atoms with Crippen molar-refractivity contribution < 1.29 is 4.74 Å². The number of hydrogen-bond acceptors (Lipinski definition) is 5. The van der Waals surface area contributed by atoms with Crippen molar-refractivity contribution >= 4 is 33.0 Å². The Kier molecular flexibility index (Phi) is 4.92. The van der Waals surface area contributed by atoms with Crippen LogP contribution in [0.2, 0.25) is 5.02 Å². The second-order valence-corrected chi connectivity index (χ2v) is 7.73. The van der Waals surface area contributed by atoms with Crippen molar-refractivity contribution in [1.82, 2.24) is 14.6 Å². The van der Waals surface area contributed by atoms with Gasteiger partial charge >= 0.3 is 0 Å². The number of halogens is 1. The molecule has 0 amide bonds. The molecule has 25 heavy (non-hydrogen) atoms. The fraction of sp³-hybridized carbons (Fsp3) is 0.444. The third-order valence-electron chi connectivity index (χ3n) is 4.52. The summed E-state index contributed by atoms with van der Waals surface area (Å²) in [6, 6.07) is 7.74. The molecule has 0 aliphatic carbocycles. The van der Waals surface area contributed by atoms with Gasteiger partial charge in [0.1, 0.15) is 0 Å². The minimum absolute atomic E-state index is 0.592. The molecule has 1 atom stereocenters. The number of aromatic nitrogens is 3. The van der Waals surface area contributed by atoms with Gasteiger partial charge in [-0.1, -0.05) is 35.1 Å². The van der Waals surface area contributed by atoms with Crippen molar-refractivity contribution in [2.75, 3.05) is 31.2 Å². The first-order valence-electron chi connectivity index (χ1n) is 8.68. The molecule has 7 heteroatoms. The van der Waals surface area contributed by atoms with Crippen LogP contribution in [0.5, 0.6) is 0 Å². The van der Waals surface area contributed by atoms with E-state index in [1.165, 1.54) is 12.8 Å². The maximum Gasteiger partial charge on any atom is 0.214 e. The Labute approximate surface area is 156 Å². The van der Waals surface area contributed by atoms with E-state index < -0.39 is 0 Å². The van der Waals surface area contributed by atoms with Crippen molar-refractivity contribution in [3.63, 3.8) is 0 Å². The lowest BCUT2D eigenvalue weighted by Gasteiger charge is -2.31. The number of hydrogen-bond donors (Lipinski definition) is 0. The number of fused-ring (bicyclic) bond motifs is 1. The van der Waals surface area contributed by atoms with E-state index in [0.717, 1.165) is 52.7 Å². The van der Waals surface area contributed by atoms with Gasteiger partial charge in [0.2, 0.25) is 10.1 Å². The van der Waals surface area contributed by atoms with Crippen LogP contribution in [0.1, 0.15) is 19.8 Å². The van der Waals surface area contributed by atoms with Crippen LogP contribution in [0.3, 0.4) is 0 Å². The zero-order valence-corrected chi connectivity index (χ0v) is 15.8. The van der Waals surface area contributed by atoms with Gasteiger partial charge in [0.05, 0.1) is 18.5 Å². The molecule has 132 valence electrons. The molecule has 1 fully saturated rings. The number of anilines is 1. The minimum Gasteiger partial charge on any atom is -0.381 e. The van der Waals surface area contributed by atoms with Crippen molar-refractivity contribution in [3.8, 4) is 11.3 Å². The number of rotatable bonds is 5. The Hall–Kier alpha value is -1.63. The quantitative estimate of drug-likeness (QED) is 0.663. The van der Waals surface area contributed by atoms with Gasteiger partial charge in [-0.2, -0.15) is 0 Å². The van der Waals surface area contributed by atoms with Gasteiger partial charge in [-0.3, -0.25) is 0 Å². The van der Waals surface area contributed by atoms with E-state index in [4.69, 9.17) is 26.4 Å².